The van der Waals surface area contributed by atoms with Gasteiger partial charge in [-0.3, -0.25) is 4.79 Å². The van der Waals surface area contributed by atoms with Gasteiger partial charge >= 0.3 is 0 Å². The predicted molar refractivity (Wildman–Crippen MR) is 91.7 cm³/mol. The van der Waals surface area contributed by atoms with E-state index >= 15 is 0 Å². The topological polar surface area (TPSA) is 66.5 Å². The minimum Gasteiger partial charge on any atom is -0.319 e. The Hall–Kier alpha value is -1.60. The fourth-order valence-electron chi connectivity index (χ4n) is 1.79. The van der Waals surface area contributed by atoms with E-state index in [9.17, 15) is 13.2 Å². The standard InChI is InChI=1S/C15H14Cl2N2O3S/c1-19(2)23(21,22)11-8-6-10(7-9-11)15(20)18-14-12(16)4-3-5-13(14)17/h3-9H,1-2H3,(H,18,20). The van der Waals surface area contributed by atoms with Crippen LogP contribution in [-0.4, -0.2) is 32.7 Å². The van der Waals surface area contributed by atoms with Crippen molar-refractivity contribution in [3.05, 3.63) is 58.1 Å². The Kier molecular flexibility index (Phi) is 5.31. The van der Waals surface area contributed by atoms with Crippen molar-refractivity contribution in [1.29, 1.82) is 0 Å². The SMILES string of the molecule is CN(C)S(=O)(=O)c1ccc(C(=O)Nc2c(Cl)cccc2Cl)cc1. The number of carbonyl (C=O) groups is 1. The lowest BCUT2D eigenvalue weighted by molar-refractivity contribution is 0.102. The van der Waals surface area contributed by atoms with Crippen LogP contribution in [0.2, 0.25) is 10.0 Å². The average Bonchev–Trinajstić information content (AvgIpc) is 2.51. The Bertz CT molecular complexity index is 814. The van der Waals surface area contributed by atoms with Gasteiger partial charge in [0.2, 0.25) is 10.0 Å². The van der Waals surface area contributed by atoms with Gasteiger partial charge < -0.3 is 5.32 Å². The molecule has 0 aliphatic carbocycles. The summed E-state index contributed by atoms with van der Waals surface area (Å²) in [7, 11) is -0.653. The first-order valence-corrected chi connectivity index (χ1v) is 8.71. The van der Waals surface area contributed by atoms with Crippen molar-refractivity contribution in [3.8, 4) is 0 Å². The Morgan fingerprint density at radius 2 is 1.52 bits per heavy atom. The maximum atomic E-state index is 12.2. The summed E-state index contributed by atoms with van der Waals surface area (Å²) in [5.41, 5.74) is 0.601. The van der Waals surface area contributed by atoms with Gasteiger partial charge in [-0.2, -0.15) is 0 Å². The van der Waals surface area contributed by atoms with Crippen LogP contribution in [-0.2, 0) is 10.0 Å². The van der Waals surface area contributed by atoms with E-state index in [-0.39, 0.29) is 4.90 Å². The molecule has 0 bridgehead atoms. The van der Waals surface area contributed by atoms with Crippen LogP contribution in [0.4, 0.5) is 5.69 Å². The highest BCUT2D eigenvalue weighted by molar-refractivity contribution is 7.89. The molecule has 0 spiro atoms. The van der Waals surface area contributed by atoms with E-state index < -0.39 is 15.9 Å². The fraction of sp³-hybridized carbons (Fsp3) is 0.133. The summed E-state index contributed by atoms with van der Waals surface area (Å²) in [4.78, 5) is 12.3. The fourth-order valence-corrected chi connectivity index (χ4v) is 3.19. The van der Waals surface area contributed by atoms with Crippen molar-refractivity contribution in [1.82, 2.24) is 4.31 Å². The summed E-state index contributed by atoms with van der Waals surface area (Å²) in [6, 6.07) is 10.5. The zero-order chi connectivity index (χ0) is 17.2. The third kappa shape index (κ3) is 3.84. The molecule has 1 N–H and O–H groups in total. The summed E-state index contributed by atoms with van der Waals surface area (Å²) in [6.45, 7) is 0. The number of amides is 1. The number of nitrogens with zero attached hydrogens (tertiary/aromatic N) is 1. The number of hydrogen-bond donors (Lipinski definition) is 1. The molecular weight excluding hydrogens is 359 g/mol. The predicted octanol–water partition coefficient (Wildman–Crippen LogP) is 3.50. The highest BCUT2D eigenvalue weighted by atomic mass is 35.5. The third-order valence-corrected chi connectivity index (χ3v) is 5.56. The first kappa shape index (κ1) is 17.7. The first-order chi connectivity index (χ1) is 10.7. The van der Waals surface area contributed by atoms with Crippen molar-refractivity contribution < 1.29 is 13.2 Å². The number of carbonyl (C=O) groups excluding carboxylic acids is 1. The van der Waals surface area contributed by atoms with Gasteiger partial charge in [0.05, 0.1) is 20.6 Å². The van der Waals surface area contributed by atoms with Crippen molar-refractivity contribution in [2.75, 3.05) is 19.4 Å². The number of benzene rings is 2. The zero-order valence-electron chi connectivity index (χ0n) is 12.4. The van der Waals surface area contributed by atoms with E-state index in [1.165, 1.54) is 38.4 Å². The molecule has 0 heterocycles. The van der Waals surface area contributed by atoms with Gasteiger partial charge in [0, 0.05) is 19.7 Å². The van der Waals surface area contributed by atoms with Gasteiger partial charge in [-0.25, -0.2) is 12.7 Å². The van der Waals surface area contributed by atoms with Crippen molar-refractivity contribution in [2.45, 2.75) is 4.90 Å². The summed E-state index contributed by atoms with van der Waals surface area (Å²) >= 11 is 12.0. The van der Waals surface area contributed by atoms with Crippen LogP contribution in [0.15, 0.2) is 47.4 Å². The molecule has 2 rings (SSSR count). The minimum atomic E-state index is -3.53. The van der Waals surface area contributed by atoms with E-state index in [1.54, 1.807) is 18.2 Å². The second-order valence-electron chi connectivity index (χ2n) is 4.86. The maximum Gasteiger partial charge on any atom is 0.255 e. The van der Waals surface area contributed by atoms with Gasteiger partial charge in [-0.05, 0) is 36.4 Å². The summed E-state index contributed by atoms with van der Waals surface area (Å²) in [6.07, 6.45) is 0. The van der Waals surface area contributed by atoms with Crippen LogP contribution in [0, 0.1) is 0 Å². The Balaban J connectivity index is 2.25. The number of hydrogen-bond acceptors (Lipinski definition) is 3. The van der Waals surface area contributed by atoms with Crippen molar-refractivity contribution in [2.24, 2.45) is 0 Å². The van der Waals surface area contributed by atoms with Crippen LogP contribution < -0.4 is 5.32 Å². The first-order valence-electron chi connectivity index (χ1n) is 6.51. The summed E-state index contributed by atoms with van der Waals surface area (Å²) in [5, 5.41) is 3.25. The average molecular weight is 373 g/mol. The van der Waals surface area contributed by atoms with Crippen molar-refractivity contribution >= 4 is 44.8 Å². The highest BCUT2D eigenvalue weighted by Gasteiger charge is 2.18. The number of para-hydroxylation sites is 1. The molecule has 23 heavy (non-hydrogen) atoms. The molecule has 0 unspecified atom stereocenters. The van der Waals surface area contributed by atoms with Crippen LogP contribution >= 0.6 is 23.2 Å². The highest BCUT2D eigenvalue weighted by Crippen LogP contribution is 2.30. The lowest BCUT2D eigenvalue weighted by atomic mass is 10.2. The van der Waals surface area contributed by atoms with Gasteiger partial charge in [0.15, 0.2) is 0 Å². The molecule has 0 aromatic heterocycles. The zero-order valence-corrected chi connectivity index (χ0v) is 14.7. The van der Waals surface area contributed by atoms with Crippen LogP contribution in [0.5, 0.6) is 0 Å². The van der Waals surface area contributed by atoms with E-state index in [0.717, 1.165) is 4.31 Å². The molecule has 0 fully saturated rings. The van der Waals surface area contributed by atoms with E-state index in [2.05, 4.69) is 5.32 Å². The lowest BCUT2D eigenvalue weighted by Gasteiger charge is -2.12. The van der Waals surface area contributed by atoms with E-state index in [1.807, 2.05) is 0 Å². The van der Waals surface area contributed by atoms with E-state index in [4.69, 9.17) is 23.2 Å². The monoisotopic (exact) mass is 372 g/mol. The molecule has 8 heteroatoms. The molecule has 122 valence electrons. The number of nitrogens with one attached hydrogen (secondary N) is 1. The number of rotatable bonds is 4. The summed E-state index contributed by atoms with van der Waals surface area (Å²) < 4.78 is 25.1. The number of sulfonamides is 1. The smallest absolute Gasteiger partial charge is 0.255 e. The largest absolute Gasteiger partial charge is 0.319 e. The Labute approximate surface area is 144 Å². The Morgan fingerprint density at radius 1 is 1.00 bits per heavy atom. The molecule has 0 aliphatic heterocycles. The van der Waals surface area contributed by atoms with Crippen LogP contribution in [0.1, 0.15) is 10.4 Å². The molecule has 0 atom stereocenters. The molecule has 0 saturated carbocycles. The second kappa shape index (κ2) is 6.88. The normalized spacial score (nSPS) is 11.5. The number of anilines is 1. The summed E-state index contributed by atoms with van der Waals surface area (Å²) in [5.74, 6) is -0.436. The molecular formula is C15H14Cl2N2O3S. The van der Waals surface area contributed by atoms with Gasteiger partial charge in [0.25, 0.3) is 5.91 Å². The number of halogens is 2. The van der Waals surface area contributed by atoms with Crippen molar-refractivity contribution in [3.63, 3.8) is 0 Å². The molecule has 0 saturated heterocycles. The maximum absolute atomic E-state index is 12.2. The van der Waals surface area contributed by atoms with Gasteiger partial charge in [-0.15, -0.1) is 0 Å². The molecule has 0 radical (unpaired) electrons. The van der Waals surface area contributed by atoms with Crippen LogP contribution in [0.25, 0.3) is 0 Å². The molecule has 1 amide bonds. The van der Waals surface area contributed by atoms with Crippen LogP contribution in [0.3, 0.4) is 0 Å². The molecule has 0 aliphatic rings. The second-order valence-corrected chi connectivity index (χ2v) is 7.83. The quantitative estimate of drug-likeness (QED) is 0.892. The van der Waals surface area contributed by atoms with E-state index in [0.29, 0.717) is 21.3 Å². The lowest BCUT2D eigenvalue weighted by Crippen LogP contribution is -2.22. The molecule has 2 aromatic carbocycles. The van der Waals surface area contributed by atoms with Gasteiger partial charge in [0.1, 0.15) is 0 Å². The third-order valence-electron chi connectivity index (χ3n) is 3.10. The minimum absolute atomic E-state index is 0.106. The molecule has 5 nitrogen and oxygen atoms in total. The molecule has 2 aromatic rings. The van der Waals surface area contributed by atoms with Gasteiger partial charge in [-0.1, -0.05) is 29.3 Å². The Morgan fingerprint density at radius 3 is 2.00 bits per heavy atom.